The summed E-state index contributed by atoms with van der Waals surface area (Å²) in [5, 5.41) is 6.30. The first-order valence-corrected chi connectivity index (χ1v) is 11.2. The summed E-state index contributed by atoms with van der Waals surface area (Å²) < 4.78 is 7.83. The van der Waals surface area contributed by atoms with Crippen LogP contribution < -0.4 is 4.74 Å². The van der Waals surface area contributed by atoms with Gasteiger partial charge in [0, 0.05) is 36.4 Å². The normalized spacial score (nSPS) is 12.1. The molecule has 9 heteroatoms. The Balaban J connectivity index is 1.93. The molecule has 3 heterocycles. The van der Waals surface area contributed by atoms with Gasteiger partial charge in [0.1, 0.15) is 17.8 Å². The van der Waals surface area contributed by atoms with Gasteiger partial charge in [0.15, 0.2) is 5.65 Å². The van der Waals surface area contributed by atoms with Crippen LogP contribution in [-0.2, 0) is 0 Å². The molecule has 0 bridgehead atoms. The van der Waals surface area contributed by atoms with Gasteiger partial charge in [0.25, 0.3) is 5.91 Å². The summed E-state index contributed by atoms with van der Waals surface area (Å²) in [6.07, 6.45) is 3.17. The van der Waals surface area contributed by atoms with Crippen LogP contribution in [0.5, 0.6) is 5.75 Å². The van der Waals surface area contributed by atoms with Crippen LogP contribution in [0, 0.1) is 20.8 Å². The van der Waals surface area contributed by atoms with E-state index in [9.17, 15) is 4.79 Å². The maximum absolute atomic E-state index is 12.5. The molecule has 4 rings (SSSR count). The van der Waals surface area contributed by atoms with Crippen molar-refractivity contribution in [2.24, 2.45) is 0 Å². The van der Waals surface area contributed by atoms with E-state index < -0.39 is 0 Å². The molecule has 8 nitrogen and oxygen atoms in total. The van der Waals surface area contributed by atoms with Crippen LogP contribution in [0.3, 0.4) is 0 Å². The van der Waals surface area contributed by atoms with E-state index in [0.29, 0.717) is 16.5 Å². The van der Waals surface area contributed by atoms with Crippen molar-refractivity contribution in [3.05, 3.63) is 64.0 Å². The van der Waals surface area contributed by atoms with Gasteiger partial charge in [-0.15, -0.1) is 0 Å². The van der Waals surface area contributed by atoms with Crippen LogP contribution in [0.1, 0.15) is 46.0 Å². The van der Waals surface area contributed by atoms with Crippen molar-refractivity contribution < 1.29 is 9.53 Å². The Labute approximate surface area is 203 Å². The van der Waals surface area contributed by atoms with E-state index in [1.54, 1.807) is 39.8 Å². The minimum absolute atomic E-state index is 0.178. The second-order valence-corrected chi connectivity index (χ2v) is 8.88. The number of ether oxygens (including phenoxy) is 1. The number of aryl methyl sites for hydroxylation is 2. The summed E-state index contributed by atoms with van der Waals surface area (Å²) >= 11 is 6.73. The Morgan fingerprint density at radius 1 is 1.12 bits per heavy atom. The van der Waals surface area contributed by atoms with E-state index in [2.05, 4.69) is 15.0 Å². The maximum atomic E-state index is 12.5. The number of fused-ring (bicyclic) bond motifs is 1. The predicted molar refractivity (Wildman–Crippen MR) is 133 cm³/mol. The molecule has 0 spiro atoms. The number of benzene rings is 1. The molecule has 1 aromatic carbocycles. The summed E-state index contributed by atoms with van der Waals surface area (Å²) in [6, 6.07) is 5.30. The van der Waals surface area contributed by atoms with Gasteiger partial charge < -0.3 is 9.64 Å². The summed E-state index contributed by atoms with van der Waals surface area (Å²) in [7, 11) is 5.03. The fourth-order valence-corrected chi connectivity index (χ4v) is 4.49. The lowest BCUT2D eigenvalue weighted by atomic mass is 9.94. The molecule has 1 amide bonds. The molecule has 0 aliphatic rings. The first-order chi connectivity index (χ1) is 16.1. The standard InChI is InChI=1S/C25H27ClN6O2/c1-13-19(26)11-18(16(4)32-24-22(15(3)30-32)14(2)28-12-29-24)23(34-7)21(13)17-8-9-27-20(10-17)25(33)31(5)6/h8-12,16H,1-7H3. The van der Waals surface area contributed by atoms with Crippen molar-refractivity contribution in [1.29, 1.82) is 0 Å². The Morgan fingerprint density at radius 3 is 2.53 bits per heavy atom. The molecule has 0 saturated heterocycles. The fraction of sp³-hybridized carbons (Fsp3) is 0.320. The van der Waals surface area contributed by atoms with Crippen molar-refractivity contribution in [3.8, 4) is 16.9 Å². The summed E-state index contributed by atoms with van der Waals surface area (Å²) in [6.45, 7) is 7.87. The van der Waals surface area contributed by atoms with Gasteiger partial charge in [-0.25, -0.2) is 14.6 Å². The molecule has 0 aliphatic heterocycles. The molecule has 0 radical (unpaired) electrons. The Bertz CT molecular complexity index is 1410. The highest BCUT2D eigenvalue weighted by molar-refractivity contribution is 6.32. The first kappa shape index (κ1) is 23.6. The van der Waals surface area contributed by atoms with Crippen molar-refractivity contribution >= 4 is 28.5 Å². The Hall–Kier alpha value is -3.52. The Kier molecular flexibility index (Phi) is 6.27. The van der Waals surface area contributed by atoms with Crippen molar-refractivity contribution in [3.63, 3.8) is 0 Å². The molecule has 0 saturated carbocycles. The van der Waals surface area contributed by atoms with E-state index in [1.807, 2.05) is 44.5 Å². The predicted octanol–water partition coefficient (Wildman–Crippen LogP) is 4.79. The van der Waals surface area contributed by atoms with Crippen molar-refractivity contribution in [1.82, 2.24) is 29.6 Å². The lowest BCUT2D eigenvalue weighted by Gasteiger charge is -2.22. The van der Waals surface area contributed by atoms with Gasteiger partial charge in [-0.1, -0.05) is 11.6 Å². The molecule has 0 aliphatic carbocycles. The third-order valence-corrected chi connectivity index (χ3v) is 6.45. The van der Waals surface area contributed by atoms with E-state index in [-0.39, 0.29) is 11.9 Å². The third-order valence-electron chi connectivity index (χ3n) is 6.05. The van der Waals surface area contributed by atoms with Crippen LogP contribution in [-0.4, -0.2) is 56.7 Å². The van der Waals surface area contributed by atoms with Crippen molar-refractivity contribution in [2.45, 2.75) is 33.7 Å². The molecular formula is C25H27ClN6O2. The highest BCUT2D eigenvalue weighted by atomic mass is 35.5. The third kappa shape index (κ3) is 3.88. The monoisotopic (exact) mass is 478 g/mol. The smallest absolute Gasteiger partial charge is 0.271 e. The molecular weight excluding hydrogens is 452 g/mol. The highest BCUT2D eigenvalue weighted by Gasteiger charge is 2.25. The summed E-state index contributed by atoms with van der Waals surface area (Å²) in [4.78, 5) is 27.1. The van der Waals surface area contributed by atoms with Gasteiger partial charge in [0.05, 0.1) is 29.9 Å². The average Bonchev–Trinajstić information content (AvgIpc) is 3.17. The van der Waals surface area contributed by atoms with Crippen LogP contribution in [0.2, 0.25) is 5.02 Å². The number of rotatable bonds is 5. The van der Waals surface area contributed by atoms with E-state index in [0.717, 1.165) is 44.7 Å². The summed E-state index contributed by atoms with van der Waals surface area (Å²) in [5.74, 6) is 0.485. The number of hydrogen-bond donors (Lipinski definition) is 0. The minimum atomic E-state index is -0.234. The molecule has 1 unspecified atom stereocenters. The topological polar surface area (TPSA) is 86.0 Å². The lowest BCUT2D eigenvalue weighted by molar-refractivity contribution is 0.0822. The minimum Gasteiger partial charge on any atom is -0.496 e. The van der Waals surface area contributed by atoms with Gasteiger partial charge in [-0.05, 0) is 57.0 Å². The lowest BCUT2D eigenvalue weighted by Crippen LogP contribution is -2.22. The largest absolute Gasteiger partial charge is 0.496 e. The zero-order valence-electron chi connectivity index (χ0n) is 20.3. The maximum Gasteiger partial charge on any atom is 0.271 e. The molecule has 3 aromatic heterocycles. The van der Waals surface area contributed by atoms with Crippen LogP contribution >= 0.6 is 11.6 Å². The number of nitrogens with zero attached hydrogens (tertiary/aromatic N) is 6. The van der Waals surface area contributed by atoms with Gasteiger partial charge in [0.2, 0.25) is 0 Å². The van der Waals surface area contributed by atoms with E-state index >= 15 is 0 Å². The average molecular weight is 479 g/mol. The molecule has 0 N–H and O–H groups in total. The van der Waals surface area contributed by atoms with E-state index in [4.69, 9.17) is 21.4 Å². The second kappa shape index (κ2) is 9.02. The Morgan fingerprint density at radius 2 is 1.85 bits per heavy atom. The summed E-state index contributed by atoms with van der Waals surface area (Å²) in [5.41, 5.74) is 6.15. The van der Waals surface area contributed by atoms with Gasteiger partial charge in [-0.2, -0.15) is 5.10 Å². The van der Waals surface area contributed by atoms with Gasteiger partial charge in [-0.3, -0.25) is 9.78 Å². The molecule has 1 atom stereocenters. The van der Waals surface area contributed by atoms with Crippen LogP contribution in [0.25, 0.3) is 22.2 Å². The van der Waals surface area contributed by atoms with Crippen molar-refractivity contribution in [2.75, 3.05) is 21.2 Å². The number of pyridine rings is 1. The number of methoxy groups -OCH3 is 1. The molecule has 4 aromatic rings. The molecule has 0 fully saturated rings. The number of hydrogen-bond acceptors (Lipinski definition) is 6. The van der Waals surface area contributed by atoms with Crippen LogP contribution in [0.15, 0.2) is 30.7 Å². The quantitative estimate of drug-likeness (QED) is 0.410. The second-order valence-electron chi connectivity index (χ2n) is 8.47. The van der Waals surface area contributed by atoms with Gasteiger partial charge >= 0.3 is 0 Å². The number of aromatic nitrogens is 5. The first-order valence-electron chi connectivity index (χ1n) is 10.9. The number of amides is 1. The molecule has 34 heavy (non-hydrogen) atoms. The number of halogens is 1. The zero-order chi connectivity index (χ0) is 24.7. The highest BCUT2D eigenvalue weighted by Crippen LogP contribution is 2.43. The molecule has 176 valence electrons. The fourth-order valence-electron chi connectivity index (χ4n) is 4.27. The number of carbonyl (C=O) groups is 1. The number of carbonyl (C=O) groups excluding carboxylic acids is 1. The zero-order valence-corrected chi connectivity index (χ0v) is 21.1. The van der Waals surface area contributed by atoms with E-state index in [1.165, 1.54) is 4.90 Å². The van der Waals surface area contributed by atoms with Crippen LogP contribution in [0.4, 0.5) is 0 Å². The SMILES string of the molecule is COc1c(C(C)n2nc(C)c3c(C)ncnc32)cc(Cl)c(C)c1-c1ccnc(C(=O)N(C)C)c1.